The van der Waals surface area contributed by atoms with E-state index in [0.29, 0.717) is 0 Å². The largest absolute Gasteiger partial charge is 0.385 e. The molecule has 0 bridgehead atoms. The summed E-state index contributed by atoms with van der Waals surface area (Å²) in [6.07, 6.45) is -2.04. The highest BCUT2D eigenvalue weighted by molar-refractivity contribution is 5.18. The predicted molar refractivity (Wildman–Crippen MR) is 60.0 cm³/mol. The first kappa shape index (κ1) is 13.1. The molecule has 2 atom stereocenters. The van der Waals surface area contributed by atoms with Crippen LogP contribution < -0.4 is 0 Å². The second-order valence-corrected chi connectivity index (χ2v) is 3.40. The predicted octanol–water partition coefficient (Wildman–Crippen LogP) is 1.35. The van der Waals surface area contributed by atoms with Crippen molar-refractivity contribution in [2.45, 2.75) is 18.5 Å². The molecule has 1 aromatic carbocycles. The van der Waals surface area contributed by atoms with Crippen LogP contribution in [0.15, 0.2) is 30.3 Å². The monoisotopic (exact) mass is 226 g/mol. The summed E-state index contributed by atoms with van der Waals surface area (Å²) in [5, 5.41) is 10.0. The highest BCUT2D eigenvalue weighted by Crippen LogP contribution is 2.23. The molecule has 0 spiro atoms. The molecule has 4 heteroatoms. The number of ether oxygens (including phenoxy) is 3. The number of hydrogen-bond acceptors (Lipinski definition) is 4. The van der Waals surface area contributed by atoms with Crippen LogP contribution in [0.1, 0.15) is 11.7 Å². The Morgan fingerprint density at radius 1 is 0.938 bits per heavy atom. The minimum atomic E-state index is -0.873. The third-order valence-corrected chi connectivity index (χ3v) is 2.44. The molecule has 0 saturated carbocycles. The topological polar surface area (TPSA) is 47.9 Å². The lowest BCUT2D eigenvalue weighted by molar-refractivity contribution is -0.196. The van der Waals surface area contributed by atoms with Gasteiger partial charge in [0, 0.05) is 21.3 Å². The van der Waals surface area contributed by atoms with Gasteiger partial charge in [-0.3, -0.25) is 0 Å². The van der Waals surface area contributed by atoms with E-state index in [-0.39, 0.29) is 0 Å². The number of benzene rings is 1. The van der Waals surface area contributed by atoms with Gasteiger partial charge in [-0.25, -0.2) is 0 Å². The maximum atomic E-state index is 10.0. The van der Waals surface area contributed by atoms with Gasteiger partial charge in [0.2, 0.25) is 0 Å². The highest BCUT2D eigenvalue weighted by Gasteiger charge is 2.28. The number of rotatable bonds is 6. The summed E-state index contributed by atoms with van der Waals surface area (Å²) in [4.78, 5) is 0. The zero-order valence-corrected chi connectivity index (χ0v) is 9.79. The average Bonchev–Trinajstić information content (AvgIpc) is 2.33. The standard InChI is InChI=1S/C12H18O4/c1-14-11(9-7-5-4-6-8-9)10(13)12(15-2)16-3/h4-8,10-13H,1-3H3. The van der Waals surface area contributed by atoms with Crippen molar-refractivity contribution in [3.05, 3.63) is 35.9 Å². The van der Waals surface area contributed by atoms with Crippen molar-refractivity contribution in [2.75, 3.05) is 21.3 Å². The van der Waals surface area contributed by atoms with Crippen molar-refractivity contribution in [2.24, 2.45) is 0 Å². The molecule has 0 radical (unpaired) electrons. The average molecular weight is 226 g/mol. The van der Waals surface area contributed by atoms with Gasteiger partial charge in [0.1, 0.15) is 12.2 Å². The Morgan fingerprint density at radius 2 is 1.50 bits per heavy atom. The maximum absolute atomic E-state index is 10.0. The zero-order valence-electron chi connectivity index (χ0n) is 9.79. The second-order valence-electron chi connectivity index (χ2n) is 3.40. The van der Waals surface area contributed by atoms with E-state index in [0.717, 1.165) is 5.56 Å². The normalized spacial score (nSPS) is 15.1. The van der Waals surface area contributed by atoms with E-state index in [4.69, 9.17) is 14.2 Å². The van der Waals surface area contributed by atoms with Crippen LogP contribution in [0.25, 0.3) is 0 Å². The van der Waals surface area contributed by atoms with E-state index in [1.807, 2.05) is 30.3 Å². The molecule has 0 saturated heterocycles. The van der Waals surface area contributed by atoms with Gasteiger partial charge in [-0.1, -0.05) is 30.3 Å². The summed E-state index contributed by atoms with van der Waals surface area (Å²) >= 11 is 0. The van der Waals surface area contributed by atoms with Crippen molar-refractivity contribution in [1.29, 1.82) is 0 Å². The quantitative estimate of drug-likeness (QED) is 0.744. The minimum Gasteiger partial charge on any atom is -0.385 e. The van der Waals surface area contributed by atoms with Crippen LogP contribution in [-0.2, 0) is 14.2 Å². The van der Waals surface area contributed by atoms with Crippen molar-refractivity contribution in [3.63, 3.8) is 0 Å². The Kier molecular flexibility index (Phi) is 5.42. The molecule has 0 fully saturated rings. The van der Waals surface area contributed by atoms with Crippen molar-refractivity contribution in [3.8, 4) is 0 Å². The molecule has 0 heterocycles. The lowest BCUT2D eigenvalue weighted by Gasteiger charge is -2.27. The Morgan fingerprint density at radius 3 is 1.94 bits per heavy atom. The fourth-order valence-electron chi connectivity index (χ4n) is 1.63. The third-order valence-electron chi connectivity index (χ3n) is 2.44. The molecule has 0 aliphatic heterocycles. The van der Waals surface area contributed by atoms with Crippen molar-refractivity contribution >= 4 is 0 Å². The van der Waals surface area contributed by atoms with E-state index in [9.17, 15) is 5.11 Å². The first-order valence-electron chi connectivity index (χ1n) is 5.06. The number of aliphatic hydroxyl groups is 1. The van der Waals surface area contributed by atoms with Gasteiger partial charge in [-0.2, -0.15) is 0 Å². The second kappa shape index (κ2) is 6.60. The fourth-order valence-corrected chi connectivity index (χ4v) is 1.63. The van der Waals surface area contributed by atoms with E-state index < -0.39 is 18.5 Å². The van der Waals surface area contributed by atoms with E-state index >= 15 is 0 Å². The lowest BCUT2D eigenvalue weighted by atomic mass is 10.0. The molecule has 16 heavy (non-hydrogen) atoms. The van der Waals surface area contributed by atoms with E-state index in [2.05, 4.69) is 0 Å². The fraction of sp³-hybridized carbons (Fsp3) is 0.500. The zero-order chi connectivity index (χ0) is 12.0. The maximum Gasteiger partial charge on any atom is 0.185 e. The Labute approximate surface area is 95.8 Å². The van der Waals surface area contributed by atoms with Gasteiger partial charge in [0.25, 0.3) is 0 Å². The van der Waals surface area contributed by atoms with Crippen LogP contribution in [0.2, 0.25) is 0 Å². The molecule has 0 aliphatic rings. The molecule has 0 aromatic heterocycles. The lowest BCUT2D eigenvalue weighted by Crippen LogP contribution is -2.35. The van der Waals surface area contributed by atoms with E-state index in [1.165, 1.54) is 14.2 Å². The summed E-state index contributed by atoms with van der Waals surface area (Å²) in [6.45, 7) is 0. The van der Waals surface area contributed by atoms with Crippen molar-refractivity contribution < 1.29 is 19.3 Å². The van der Waals surface area contributed by atoms with Gasteiger partial charge in [-0.05, 0) is 5.56 Å². The molecule has 0 aliphatic carbocycles. The van der Waals surface area contributed by atoms with Gasteiger partial charge in [0.15, 0.2) is 6.29 Å². The summed E-state index contributed by atoms with van der Waals surface area (Å²) in [5.74, 6) is 0. The molecule has 90 valence electrons. The molecule has 1 aromatic rings. The summed E-state index contributed by atoms with van der Waals surface area (Å²) in [6, 6.07) is 9.47. The van der Waals surface area contributed by atoms with Crippen LogP contribution in [0.5, 0.6) is 0 Å². The summed E-state index contributed by atoms with van der Waals surface area (Å²) in [7, 11) is 4.51. The molecular formula is C12H18O4. The van der Waals surface area contributed by atoms with Crippen LogP contribution >= 0.6 is 0 Å². The molecule has 4 nitrogen and oxygen atoms in total. The van der Waals surface area contributed by atoms with Gasteiger partial charge in [0.05, 0.1) is 0 Å². The van der Waals surface area contributed by atoms with Crippen LogP contribution in [0.3, 0.4) is 0 Å². The first-order chi connectivity index (χ1) is 7.74. The van der Waals surface area contributed by atoms with Gasteiger partial charge < -0.3 is 19.3 Å². The van der Waals surface area contributed by atoms with Gasteiger partial charge >= 0.3 is 0 Å². The van der Waals surface area contributed by atoms with Crippen LogP contribution in [0.4, 0.5) is 0 Å². The Balaban J connectivity index is 2.82. The van der Waals surface area contributed by atoms with Crippen molar-refractivity contribution in [1.82, 2.24) is 0 Å². The number of aliphatic hydroxyl groups excluding tert-OH is 1. The number of hydrogen-bond donors (Lipinski definition) is 1. The molecule has 2 unspecified atom stereocenters. The summed E-state index contributed by atoms with van der Waals surface area (Å²) < 4.78 is 15.3. The third kappa shape index (κ3) is 3.02. The molecule has 1 N–H and O–H groups in total. The Bertz CT molecular complexity index is 284. The minimum absolute atomic E-state index is 0.467. The van der Waals surface area contributed by atoms with Crippen LogP contribution in [0, 0.1) is 0 Å². The first-order valence-corrected chi connectivity index (χ1v) is 5.06. The Hall–Kier alpha value is -0.940. The summed E-state index contributed by atoms with van der Waals surface area (Å²) in [5.41, 5.74) is 0.886. The highest BCUT2D eigenvalue weighted by atomic mass is 16.7. The molecule has 0 amide bonds. The SMILES string of the molecule is COC(OC)C(O)C(OC)c1ccccc1. The van der Waals surface area contributed by atoms with E-state index in [1.54, 1.807) is 7.11 Å². The smallest absolute Gasteiger partial charge is 0.185 e. The molecule has 1 rings (SSSR count). The van der Waals surface area contributed by atoms with Gasteiger partial charge in [-0.15, -0.1) is 0 Å². The molecular weight excluding hydrogens is 208 g/mol. The van der Waals surface area contributed by atoms with Crippen LogP contribution in [-0.4, -0.2) is 38.8 Å². The number of methoxy groups -OCH3 is 3.